The standard InChI is InChI=1S/C15H9F3N4O5/c16-15(17,18)27-10-3-1-9(2-4-10)11(23)7-21-6-5-20-8-12(22(25)26)19-13(20)14(21)24/h1-6,8H,7H2. The Morgan fingerprint density at radius 2 is 1.89 bits per heavy atom. The topological polar surface area (TPSA) is 109 Å². The minimum Gasteiger partial charge on any atom is -0.406 e. The van der Waals surface area contributed by atoms with Gasteiger partial charge in [0.05, 0.1) is 6.54 Å². The number of ketones is 1. The molecule has 0 radical (unpaired) electrons. The average molecular weight is 382 g/mol. The molecule has 0 N–H and O–H groups in total. The zero-order valence-corrected chi connectivity index (χ0v) is 13.2. The molecule has 1 aromatic carbocycles. The Bertz CT molecular complexity index is 1090. The maximum Gasteiger partial charge on any atom is 0.573 e. The molecule has 0 aliphatic heterocycles. The van der Waals surface area contributed by atoms with E-state index in [0.717, 1.165) is 39.4 Å². The first-order valence-corrected chi connectivity index (χ1v) is 7.25. The lowest BCUT2D eigenvalue weighted by atomic mass is 10.1. The van der Waals surface area contributed by atoms with Crippen LogP contribution in [0.3, 0.4) is 0 Å². The highest BCUT2D eigenvalue weighted by Crippen LogP contribution is 2.22. The predicted octanol–water partition coefficient (Wildman–Crippen LogP) is 2.19. The third kappa shape index (κ3) is 3.94. The van der Waals surface area contributed by atoms with Crippen molar-refractivity contribution < 1.29 is 27.6 Å². The number of hydrogen-bond donors (Lipinski definition) is 0. The number of imidazole rings is 1. The summed E-state index contributed by atoms with van der Waals surface area (Å²) < 4.78 is 42.3. The van der Waals surface area contributed by atoms with E-state index < -0.39 is 40.7 Å². The Balaban J connectivity index is 1.82. The van der Waals surface area contributed by atoms with E-state index in [9.17, 15) is 32.9 Å². The SMILES string of the molecule is O=C(Cn1ccn2cc([N+](=O)[O-])nc2c1=O)c1ccc(OC(F)(F)F)cc1. The zero-order valence-electron chi connectivity index (χ0n) is 13.2. The molecule has 2 aromatic heterocycles. The van der Waals surface area contributed by atoms with E-state index in [2.05, 4.69) is 9.72 Å². The van der Waals surface area contributed by atoms with E-state index in [1.807, 2.05) is 0 Å². The molecule has 0 unspecified atom stereocenters. The van der Waals surface area contributed by atoms with Crippen LogP contribution in [0.25, 0.3) is 5.65 Å². The van der Waals surface area contributed by atoms with Gasteiger partial charge in [-0.2, -0.15) is 0 Å². The number of carbonyl (C=O) groups is 1. The second-order valence-corrected chi connectivity index (χ2v) is 5.31. The van der Waals surface area contributed by atoms with Gasteiger partial charge < -0.3 is 19.4 Å². The van der Waals surface area contributed by atoms with E-state index in [4.69, 9.17) is 0 Å². The highest BCUT2D eigenvalue weighted by atomic mass is 19.4. The van der Waals surface area contributed by atoms with Crippen molar-refractivity contribution in [2.45, 2.75) is 12.9 Å². The lowest BCUT2D eigenvalue weighted by molar-refractivity contribution is -0.389. The number of hydrogen-bond acceptors (Lipinski definition) is 6. The molecule has 2 heterocycles. The van der Waals surface area contributed by atoms with Crippen molar-refractivity contribution >= 4 is 17.2 Å². The summed E-state index contributed by atoms with van der Waals surface area (Å²) in [5, 5.41) is 10.7. The van der Waals surface area contributed by atoms with Crippen molar-refractivity contribution in [3.8, 4) is 5.75 Å². The van der Waals surface area contributed by atoms with E-state index >= 15 is 0 Å². The van der Waals surface area contributed by atoms with Crippen molar-refractivity contribution in [3.05, 3.63) is 68.9 Å². The van der Waals surface area contributed by atoms with Gasteiger partial charge in [-0.15, -0.1) is 13.2 Å². The third-order valence-electron chi connectivity index (χ3n) is 3.49. The fourth-order valence-corrected chi connectivity index (χ4v) is 2.30. The summed E-state index contributed by atoms with van der Waals surface area (Å²) in [4.78, 5) is 38.1. The number of rotatable bonds is 5. The lowest BCUT2D eigenvalue weighted by Crippen LogP contribution is -2.25. The summed E-state index contributed by atoms with van der Waals surface area (Å²) in [6, 6.07) is 4.22. The maximum absolute atomic E-state index is 12.3. The van der Waals surface area contributed by atoms with E-state index in [1.165, 1.54) is 12.4 Å². The second-order valence-electron chi connectivity index (χ2n) is 5.31. The van der Waals surface area contributed by atoms with Crippen LogP contribution < -0.4 is 10.3 Å². The number of Topliss-reactive ketones (excluding diaryl/α,β-unsaturated/α-hetero) is 1. The molecule has 0 atom stereocenters. The Hall–Kier alpha value is -3.70. The van der Waals surface area contributed by atoms with Crippen molar-refractivity contribution in [1.82, 2.24) is 14.0 Å². The first-order valence-electron chi connectivity index (χ1n) is 7.25. The van der Waals surface area contributed by atoms with Crippen LogP contribution in [0.5, 0.6) is 5.75 Å². The molecule has 12 heteroatoms. The van der Waals surface area contributed by atoms with Gasteiger partial charge in [-0.05, 0) is 34.2 Å². The molecular weight excluding hydrogens is 373 g/mol. The van der Waals surface area contributed by atoms with Crippen molar-refractivity contribution in [2.24, 2.45) is 0 Å². The monoisotopic (exact) mass is 382 g/mol. The first kappa shape index (κ1) is 18.1. The number of nitrogens with zero attached hydrogens (tertiary/aromatic N) is 4. The van der Waals surface area contributed by atoms with Gasteiger partial charge in [0.15, 0.2) is 5.78 Å². The van der Waals surface area contributed by atoms with Gasteiger partial charge in [0, 0.05) is 18.0 Å². The van der Waals surface area contributed by atoms with Crippen LogP contribution in [-0.4, -0.2) is 31.0 Å². The molecule has 0 aliphatic rings. The third-order valence-corrected chi connectivity index (χ3v) is 3.49. The normalized spacial score (nSPS) is 11.5. The molecule has 0 aliphatic carbocycles. The molecule has 0 spiro atoms. The Morgan fingerprint density at radius 3 is 2.48 bits per heavy atom. The quantitative estimate of drug-likeness (QED) is 0.380. The molecular formula is C15H9F3N4O5. The molecule has 0 saturated heterocycles. The number of benzene rings is 1. The van der Waals surface area contributed by atoms with Gasteiger partial charge in [0.25, 0.3) is 0 Å². The molecule has 0 fully saturated rings. The highest BCUT2D eigenvalue weighted by molar-refractivity contribution is 5.96. The van der Waals surface area contributed by atoms with E-state index in [0.29, 0.717) is 0 Å². The molecule has 3 rings (SSSR count). The van der Waals surface area contributed by atoms with Crippen LogP contribution in [-0.2, 0) is 6.54 Å². The minimum atomic E-state index is -4.85. The highest BCUT2D eigenvalue weighted by Gasteiger charge is 2.31. The molecule has 0 amide bonds. The number of nitro groups is 1. The Labute approximate surface area is 147 Å². The van der Waals surface area contributed by atoms with Gasteiger partial charge in [-0.3, -0.25) is 14.0 Å². The first-order chi connectivity index (χ1) is 12.6. The second kappa shape index (κ2) is 6.55. The summed E-state index contributed by atoms with van der Waals surface area (Å²) in [5.74, 6) is -1.56. The zero-order chi connectivity index (χ0) is 19.8. The van der Waals surface area contributed by atoms with Crippen LogP contribution in [0.2, 0.25) is 0 Å². The number of ether oxygens (including phenoxy) is 1. The summed E-state index contributed by atoms with van der Waals surface area (Å²) >= 11 is 0. The fraction of sp³-hybridized carbons (Fsp3) is 0.133. The minimum absolute atomic E-state index is 0.0608. The maximum atomic E-state index is 12.3. The molecule has 9 nitrogen and oxygen atoms in total. The molecule has 140 valence electrons. The van der Waals surface area contributed by atoms with Gasteiger partial charge >= 0.3 is 23.4 Å². The van der Waals surface area contributed by atoms with Crippen LogP contribution in [0.4, 0.5) is 19.0 Å². The van der Waals surface area contributed by atoms with Gasteiger partial charge in [0.1, 0.15) is 11.9 Å². The van der Waals surface area contributed by atoms with Crippen LogP contribution in [0, 0.1) is 10.1 Å². The van der Waals surface area contributed by atoms with Gasteiger partial charge in [-0.25, -0.2) is 0 Å². The average Bonchev–Trinajstić information content (AvgIpc) is 3.02. The fourth-order valence-electron chi connectivity index (χ4n) is 2.30. The number of carbonyl (C=O) groups excluding carboxylic acids is 1. The summed E-state index contributed by atoms with van der Waals surface area (Å²) in [5.41, 5.74) is -0.896. The van der Waals surface area contributed by atoms with Gasteiger partial charge in [-0.1, -0.05) is 0 Å². The molecule has 3 aromatic rings. The Kier molecular flexibility index (Phi) is 4.39. The van der Waals surface area contributed by atoms with Crippen molar-refractivity contribution in [2.75, 3.05) is 0 Å². The summed E-state index contributed by atoms with van der Waals surface area (Å²) in [6.45, 7) is -0.421. The lowest BCUT2D eigenvalue weighted by Gasteiger charge is -2.09. The summed E-state index contributed by atoms with van der Waals surface area (Å²) in [6.07, 6.45) is -1.21. The summed E-state index contributed by atoms with van der Waals surface area (Å²) in [7, 11) is 0. The van der Waals surface area contributed by atoms with E-state index in [-0.39, 0.29) is 11.2 Å². The molecule has 27 heavy (non-hydrogen) atoms. The van der Waals surface area contributed by atoms with Crippen LogP contribution in [0.15, 0.2) is 47.7 Å². The molecule has 0 bridgehead atoms. The predicted molar refractivity (Wildman–Crippen MR) is 83.6 cm³/mol. The number of fused-ring (bicyclic) bond motifs is 1. The van der Waals surface area contributed by atoms with Crippen molar-refractivity contribution in [3.63, 3.8) is 0 Å². The number of aromatic nitrogens is 3. The number of halogens is 3. The number of alkyl halides is 3. The van der Waals surface area contributed by atoms with E-state index in [1.54, 1.807) is 0 Å². The van der Waals surface area contributed by atoms with Crippen LogP contribution in [0.1, 0.15) is 10.4 Å². The largest absolute Gasteiger partial charge is 0.573 e. The van der Waals surface area contributed by atoms with Crippen molar-refractivity contribution in [1.29, 1.82) is 0 Å². The molecule has 0 saturated carbocycles. The smallest absolute Gasteiger partial charge is 0.406 e. The van der Waals surface area contributed by atoms with Crippen LogP contribution >= 0.6 is 0 Å². The Morgan fingerprint density at radius 1 is 1.22 bits per heavy atom. The van der Waals surface area contributed by atoms with Gasteiger partial charge in [0.2, 0.25) is 0 Å².